The molecule has 0 aromatic rings. The first-order valence-electron chi connectivity index (χ1n) is 5.73. The molecule has 10 heteroatoms. The Morgan fingerprint density at radius 2 is 1.60 bits per heavy atom. The van der Waals surface area contributed by atoms with Gasteiger partial charge in [0.1, 0.15) is 6.04 Å². The molecule has 3 atom stereocenters. The molecule has 0 radical (unpaired) electrons. The minimum atomic E-state index is -1.63. The van der Waals surface area contributed by atoms with E-state index in [9.17, 15) is 19.5 Å². The number of carboxylic acids is 3. The molecule has 0 aliphatic heterocycles. The molecule has 0 aliphatic carbocycles. The van der Waals surface area contributed by atoms with Crippen molar-refractivity contribution in [3.63, 3.8) is 0 Å². The molecule has 116 valence electrons. The van der Waals surface area contributed by atoms with Crippen LogP contribution >= 0.6 is 0 Å². The normalized spacial score (nSPS) is 15.3. The van der Waals surface area contributed by atoms with Crippen molar-refractivity contribution in [2.24, 2.45) is 0 Å². The molecule has 0 amide bonds. The lowest BCUT2D eigenvalue weighted by molar-refractivity contribution is -0.146. The van der Waals surface area contributed by atoms with Crippen molar-refractivity contribution in [2.45, 2.75) is 24.7 Å². The second-order valence-electron chi connectivity index (χ2n) is 4.00. The summed E-state index contributed by atoms with van der Waals surface area (Å²) in [6, 6.07) is -1.41. The van der Waals surface area contributed by atoms with E-state index in [1.165, 1.54) is 0 Å². The van der Waals surface area contributed by atoms with E-state index in [0.717, 1.165) is 0 Å². The fourth-order valence-corrected chi connectivity index (χ4v) is 1.33. The Hall–Kier alpha value is -1.75. The summed E-state index contributed by atoms with van der Waals surface area (Å²) in [6.45, 7) is -0.834. The van der Waals surface area contributed by atoms with Crippen LogP contribution in [-0.4, -0.2) is 81.3 Å². The van der Waals surface area contributed by atoms with Crippen molar-refractivity contribution in [3.05, 3.63) is 0 Å². The van der Waals surface area contributed by atoms with E-state index < -0.39 is 42.7 Å². The van der Waals surface area contributed by atoms with E-state index >= 15 is 0 Å². The van der Waals surface area contributed by atoms with Crippen LogP contribution in [0, 0.1) is 0 Å². The Morgan fingerprint density at radius 3 is 2.05 bits per heavy atom. The molecular formula is C10H18N2O8. The molecule has 0 spiro atoms. The van der Waals surface area contributed by atoms with Crippen molar-refractivity contribution < 1.29 is 39.9 Å². The lowest BCUT2D eigenvalue weighted by atomic mass is 10.1. The zero-order valence-electron chi connectivity index (χ0n) is 10.5. The minimum absolute atomic E-state index is 0.138. The van der Waals surface area contributed by atoms with Crippen LogP contribution in [-0.2, 0) is 14.4 Å². The molecule has 7 N–H and O–H groups in total. The van der Waals surface area contributed by atoms with Gasteiger partial charge in [-0.3, -0.25) is 9.59 Å². The minimum Gasteiger partial charge on any atom is -0.480 e. The number of carboxylic acid groups (broad SMARTS) is 3. The summed E-state index contributed by atoms with van der Waals surface area (Å²) in [5, 5.41) is 49.0. The van der Waals surface area contributed by atoms with Gasteiger partial charge in [0.05, 0.1) is 12.6 Å². The van der Waals surface area contributed by atoms with Gasteiger partial charge in [-0.25, -0.2) is 4.79 Å². The zero-order valence-corrected chi connectivity index (χ0v) is 10.5. The van der Waals surface area contributed by atoms with Crippen molar-refractivity contribution in [2.75, 3.05) is 19.6 Å². The third-order valence-electron chi connectivity index (χ3n) is 2.35. The van der Waals surface area contributed by atoms with Crippen molar-refractivity contribution in [1.82, 2.24) is 10.6 Å². The van der Waals surface area contributed by atoms with Crippen LogP contribution in [0.1, 0.15) is 6.42 Å². The van der Waals surface area contributed by atoms with Gasteiger partial charge in [-0.1, -0.05) is 0 Å². The van der Waals surface area contributed by atoms with E-state index in [2.05, 4.69) is 10.6 Å². The number of carbonyl (C=O) groups is 3. The van der Waals surface area contributed by atoms with E-state index in [1.54, 1.807) is 0 Å². The van der Waals surface area contributed by atoms with Crippen molar-refractivity contribution >= 4 is 17.9 Å². The highest BCUT2D eigenvalue weighted by Gasteiger charge is 2.26. The maximum atomic E-state index is 10.9. The summed E-state index contributed by atoms with van der Waals surface area (Å²) in [5.41, 5.74) is 0. The first kappa shape index (κ1) is 18.2. The van der Waals surface area contributed by atoms with Crippen LogP contribution in [0.15, 0.2) is 0 Å². The van der Waals surface area contributed by atoms with Gasteiger partial charge in [-0.05, 0) is 13.0 Å². The fraction of sp³-hybridized carbons (Fsp3) is 0.700. The van der Waals surface area contributed by atoms with E-state index in [0.29, 0.717) is 0 Å². The van der Waals surface area contributed by atoms with Crippen LogP contribution in [0.2, 0.25) is 0 Å². The van der Waals surface area contributed by atoms with Crippen molar-refractivity contribution in [1.29, 1.82) is 0 Å². The standard InChI is InChI=1S/C10H18N2O8/c13-5(9(17)18)1-2-12-8(10(19)20)6(14)3-11-4-7(15)16/h5-6,8,11-14H,1-4H2,(H,15,16)(H,17,18)(H,19,20). The van der Waals surface area contributed by atoms with Gasteiger partial charge >= 0.3 is 17.9 Å². The monoisotopic (exact) mass is 294 g/mol. The van der Waals surface area contributed by atoms with Crippen LogP contribution in [0.5, 0.6) is 0 Å². The van der Waals surface area contributed by atoms with Crippen LogP contribution in [0.4, 0.5) is 0 Å². The first-order valence-corrected chi connectivity index (χ1v) is 5.73. The van der Waals surface area contributed by atoms with Gasteiger partial charge < -0.3 is 36.2 Å². The highest BCUT2D eigenvalue weighted by molar-refractivity contribution is 5.74. The molecule has 0 bridgehead atoms. The van der Waals surface area contributed by atoms with E-state index in [1.807, 2.05) is 0 Å². The SMILES string of the molecule is O=C(O)CNCC(O)C(NCCC(O)C(=O)O)C(=O)O. The van der Waals surface area contributed by atoms with E-state index in [-0.39, 0.29) is 19.5 Å². The largest absolute Gasteiger partial charge is 0.480 e. The summed E-state index contributed by atoms with van der Waals surface area (Å²) in [6.07, 6.45) is -3.26. The average molecular weight is 294 g/mol. The molecule has 0 aliphatic rings. The molecule has 0 aromatic carbocycles. The lowest BCUT2D eigenvalue weighted by Gasteiger charge is -2.20. The maximum absolute atomic E-state index is 10.9. The fourth-order valence-electron chi connectivity index (χ4n) is 1.33. The van der Waals surface area contributed by atoms with Crippen LogP contribution in [0.3, 0.4) is 0 Å². The molecule has 0 rings (SSSR count). The molecule has 0 heterocycles. The maximum Gasteiger partial charge on any atom is 0.332 e. The molecule has 0 aromatic heterocycles. The first-order chi connectivity index (χ1) is 9.25. The summed E-state index contributed by atoms with van der Waals surface area (Å²) in [5.74, 6) is -3.96. The second kappa shape index (κ2) is 9.20. The Bertz CT molecular complexity index is 348. The highest BCUT2D eigenvalue weighted by atomic mass is 16.4. The molecular weight excluding hydrogens is 276 g/mol. The molecule has 3 unspecified atom stereocenters. The summed E-state index contributed by atoms with van der Waals surface area (Å²) < 4.78 is 0. The number of rotatable bonds is 11. The second-order valence-corrected chi connectivity index (χ2v) is 4.00. The highest BCUT2D eigenvalue weighted by Crippen LogP contribution is 1.96. The summed E-state index contributed by atoms with van der Waals surface area (Å²) in [7, 11) is 0. The smallest absolute Gasteiger partial charge is 0.332 e. The molecule has 0 saturated heterocycles. The predicted octanol–water partition coefficient (Wildman–Crippen LogP) is -3.10. The molecule has 20 heavy (non-hydrogen) atoms. The van der Waals surface area contributed by atoms with Gasteiger partial charge in [0, 0.05) is 6.54 Å². The number of aliphatic carboxylic acids is 3. The van der Waals surface area contributed by atoms with Gasteiger partial charge in [-0.15, -0.1) is 0 Å². The Balaban J connectivity index is 4.18. The topological polar surface area (TPSA) is 176 Å². The van der Waals surface area contributed by atoms with Crippen molar-refractivity contribution in [3.8, 4) is 0 Å². The Morgan fingerprint density at radius 1 is 1.00 bits per heavy atom. The lowest BCUT2D eigenvalue weighted by Crippen LogP contribution is -2.51. The van der Waals surface area contributed by atoms with Gasteiger partial charge in [0.15, 0.2) is 6.10 Å². The molecule has 10 nitrogen and oxygen atoms in total. The van der Waals surface area contributed by atoms with Gasteiger partial charge in [0.25, 0.3) is 0 Å². The Kier molecular flexibility index (Phi) is 8.40. The third-order valence-corrected chi connectivity index (χ3v) is 2.35. The molecule has 0 fully saturated rings. The average Bonchev–Trinajstić information content (AvgIpc) is 2.32. The van der Waals surface area contributed by atoms with E-state index in [4.69, 9.17) is 20.4 Å². The quantitative estimate of drug-likeness (QED) is 0.206. The van der Waals surface area contributed by atoms with Crippen LogP contribution < -0.4 is 10.6 Å². The summed E-state index contributed by atoms with van der Waals surface area (Å²) in [4.78, 5) is 31.5. The van der Waals surface area contributed by atoms with Gasteiger partial charge in [0.2, 0.25) is 0 Å². The third kappa shape index (κ3) is 7.63. The Labute approximate surface area is 114 Å². The number of aliphatic hydroxyl groups excluding tert-OH is 2. The number of aliphatic hydroxyl groups is 2. The predicted molar refractivity (Wildman–Crippen MR) is 64.2 cm³/mol. The summed E-state index contributed by atoms with van der Waals surface area (Å²) >= 11 is 0. The number of hydrogen-bond acceptors (Lipinski definition) is 7. The molecule has 0 saturated carbocycles. The van der Waals surface area contributed by atoms with Gasteiger partial charge in [-0.2, -0.15) is 0 Å². The zero-order chi connectivity index (χ0) is 15.7. The van der Waals surface area contributed by atoms with Crippen LogP contribution in [0.25, 0.3) is 0 Å². The number of hydrogen-bond donors (Lipinski definition) is 7. The number of nitrogens with one attached hydrogen (secondary N) is 2.